The number of carbonyl (C=O) groups is 4. The fourth-order valence-corrected chi connectivity index (χ4v) is 4.32. The molecule has 0 radical (unpaired) electrons. The monoisotopic (exact) mass is 414 g/mol. The summed E-state index contributed by atoms with van der Waals surface area (Å²) in [4.78, 5) is 48.5. The number of carbonyl (C=O) groups excluding carboxylic acids is 3. The van der Waals surface area contributed by atoms with E-state index in [1.807, 2.05) is 30.3 Å². The van der Waals surface area contributed by atoms with E-state index in [1.54, 1.807) is 0 Å². The minimum atomic E-state index is -1.26. The predicted octanol–water partition coefficient (Wildman–Crippen LogP) is -0.118. The summed E-state index contributed by atoms with van der Waals surface area (Å²) in [5, 5.41) is 11.7. The Kier molecular flexibility index (Phi) is 7.70. The SMILES string of the molecule is CC(=O)OCC1=C(C(=O)O)N2C(=O)[C@@H](NC(=O)Cc3ccccc3)[C@H]2SC1.[NaH]. The topological polar surface area (TPSA) is 113 Å². The summed E-state index contributed by atoms with van der Waals surface area (Å²) < 4.78 is 4.88. The van der Waals surface area contributed by atoms with Gasteiger partial charge in [-0.15, -0.1) is 11.8 Å². The molecule has 0 aromatic heterocycles. The van der Waals surface area contributed by atoms with Crippen LogP contribution in [0.3, 0.4) is 0 Å². The van der Waals surface area contributed by atoms with E-state index in [-0.39, 0.29) is 54.2 Å². The number of nitrogens with one attached hydrogen (secondary N) is 1. The number of nitrogens with zero attached hydrogens (tertiary/aromatic N) is 1. The molecule has 144 valence electrons. The summed E-state index contributed by atoms with van der Waals surface area (Å²) in [7, 11) is 0. The molecule has 1 fully saturated rings. The zero-order valence-electron chi connectivity index (χ0n) is 14.5. The van der Waals surface area contributed by atoms with E-state index in [1.165, 1.54) is 18.7 Å². The van der Waals surface area contributed by atoms with Crippen molar-refractivity contribution in [1.82, 2.24) is 10.2 Å². The molecule has 8 nitrogen and oxygen atoms in total. The van der Waals surface area contributed by atoms with E-state index < -0.39 is 29.3 Å². The van der Waals surface area contributed by atoms with Gasteiger partial charge in [0.2, 0.25) is 5.91 Å². The zero-order valence-corrected chi connectivity index (χ0v) is 15.3. The molecule has 0 bridgehead atoms. The number of thioether (sulfide) groups is 1. The van der Waals surface area contributed by atoms with Gasteiger partial charge in [0, 0.05) is 18.2 Å². The van der Waals surface area contributed by atoms with Gasteiger partial charge in [0.25, 0.3) is 5.91 Å². The number of ether oxygens (including phenoxy) is 1. The van der Waals surface area contributed by atoms with Crippen molar-refractivity contribution in [3.05, 3.63) is 47.2 Å². The number of aliphatic carboxylic acids is 1. The minimum absolute atomic E-state index is 0. The first-order valence-electron chi connectivity index (χ1n) is 8.25. The molecule has 3 rings (SSSR count). The zero-order chi connectivity index (χ0) is 19.6. The van der Waals surface area contributed by atoms with Crippen LogP contribution < -0.4 is 5.32 Å². The third-order valence-corrected chi connectivity index (χ3v) is 5.56. The molecule has 28 heavy (non-hydrogen) atoms. The van der Waals surface area contributed by atoms with Crippen molar-refractivity contribution in [2.75, 3.05) is 12.4 Å². The standard InChI is InChI=1S/C18H18N2O6S.Na.H/c1-10(21)26-8-12-9-27-17-14(16(23)20(17)15(12)18(24)25)19-13(22)7-11-5-3-2-4-6-11;;/h2-6,14,17H,7-9H2,1H3,(H,19,22)(H,24,25);;/t14-,17-;;/m1../s1. The molecule has 0 saturated carbocycles. The van der Waals surface area contributed by atoms with E-state index >= 15 is 0 Å². The summed E-state index contributed by atoms with van der Waals surface area (Å²) in [6.45, 7) is 1.05. The van der Waals surface area contributed by atoms with Crippen LogP contribution in [0.4, 0.5) is 0 Å². The van der Waals surface area contributed by atoms with Crippen LogP contribution in [0.5, 0.6) is 0 Å². The molecule has 2 aliphatic heterocycles. The predicted molar refractivity (Wildman–Crippen MR) is 104 cm³/mol. The molecule has 10 heteroatoms. The Labute approximate surface area is 188 Å². The van der Waals surface area contributed by atoms with Crippen molar-refractivity contribution in [2.45, 2.75) is 24.8 Å². The molecule has 0 unspecified atom stereocenters. The van der Waals surface area contributed by atoms with Crippen LogP contribution in [0.15, 0.2) is 41.6 Å². The van der Waals surface area contributed by atoms with Gasteiger partial charge in [-0.25, -0.2) is 4.79 Å². The molecular formula is C18H19N2NaO6S. The summed E-state index contributed by atoms with van der Waals surface area (Å²) in [6, 6.07) is 8.36. The number of fused-ring (bicyclic) bond motifs is 1. The van der Waals surface area contributed by atoms with Crippen LogP contribution in [0.1, 0.15) is 12.5 Å². The van der Waals surface area contributed by atoms with Gasteiger partial charge in [-0.1, -0.05) is 30.3 Å². The van der Waals surface area contributed by atoms with E-state index in [0.717, 1.165) is 10.5 Å². The second kappa shape index (κ2) is 9.60. The Hall–Kier alpha value is -1.81. The molecule has 2 amide bonds. The Morgan fingerprint density at radius 1 is 1.29 bits per heavy atom. The molecule has 1 saturated heterocycles. The average molecular weight is 414 g/mol. The van der Waals surface area contributed by atoms with Crippen LogP contribution in [0.25, 0.3) is 0 Å². The van der Waals surface area contributed by atoms with Crippen molar-refractivity contribution in [3.8, 4) is 0 Å². The molecule has 1 aromatic carbocycles. The first-order chi connectivity index (χ1) is 12.9. The van der Waals surface area contributed by atoms with E-state index in [2.05, 4.69) is 5.32 Å². The van der Waals surface area contributed by atoms with Crippen molar-refractivity contribution < 1.29 is 29.0 Å². The second-order valence-electron chi connectivity index (χ2n) is 6.15. The van der Waals surface area contributed by atoms with Crippen molar-refractivity contribution >= 4 is 65.1 Å². The van der Waals surface area contributed by atoms with Gasteiger partial charge >= 0.3 is 41.5 Å². The molecule has 2 N–H and O–H groups in total. The van der Waals surface area contributed by atoms with Crippen LogP contribution >= 0.6 is 11.8 Å². The van der Waals surface area contributed by atoms with Gasteiger partial charge < -0.3 is 15.2 Å². The number of carboxylic acids is 1. The Morgan fingerprint density at radius 3 is 2.57 bits per heavy atom. The molecule has 0 aliphatic carbocycles. The number of β-lactam (4-membered cyclic amide) rings is 1. The van der Waals surface area contributed by atoms with E-state index in [9.17, 15) is 24.3 Å². The number of rotatable bonds is 6. The number of amides is 2. The van der Waals surface area contributed by atoms with Crippen molar-refractivity contribution in [3.63, 3.8) is 0 Å². The second-order valence-corrected chi connectivity index (χ2v) is 7.26. The van der Waals surface area contributed by atoms with Gasteiger partial charge in [-0.3, -0.25) is 19.3 Å². The average Bonchev–Trinajstić information content (AvgIpc) is 2.64. The molecular weight excluding hydrogens is 395 g/mol. The van der Waals surface area contributed by atoms with Gasteiger partial charge in [0.1, 0.15) is 23.7 Å². The normalized spacial score (nSPS) is 20.5. The molecule has 2 heterocycles. The van der Waals surface area contributed by atoms with Crippen LogP contribution in [-0.4, -0.2) is 87.1 Å². The van der Waals surface area contributed by atoms with Crippen LogP contribution in [-0.2, 0) is 30.3 Å². The van der Waals surface area contributed by atoms with Crippen molar-refractivity contribution in [1.29, 1.82) is 0 Å². The molecule has 0 spiro atoms. The number of esters is 1. The molecule has 2 aliphatic rings. The maximum atomic E-state index is 12.5. The third kappa shape index (κ3) is 4.78. The number of carboxylic acid groups (broad SMARTS) is 1. The van der Waals surface area contributed by atoms with Crippen molar-refractivity contribution in [2.24, 2.45) is 0 Å². The fraction of sp³-hybridized carbons (Fsp3) is 0.333. The quantitative estimate of drug-likeness (QED) is 0.379. The Balaban J connectivity index is 0.00000280. The Bertz CT molecular complexity index is 829. The Morgan fingerprint density at radius 2 is 1.96 bits per heavy atom. The van der Waals surface area contributed by atoms with Crippen LogP contribution in [0.2, 0.25) is 0 Å². The molecule has 2 atom stereocenters. The molecule has 1 aromatic rings. The number of hydrogen-bond acceptors (Lipinski definition) is 6. The van der Waals surface area contributed by atoms with Crippen LogP contribution in [0, 0.1) is 0 Å². The first-order valence-corrected chi connectivity index (χ1v) is 9.30. The number of hydrogen-bond donors (Lipinski definition) is 2. The summed E-state index contributed by atoms with van der Waals surface area (Å²) in [5.41, 5.74) is 1.02. The van der Waals surface area contributed by atoms with E-state index in [0.29, 0.717) is 11.3 Å². The summed E-state index contributed by atoms with van der Waals surface area (Å²) in [5.74, 6) is -2.27. The van der Waals surface area contributed by atoms with Gasteiger partial charge in [-0.05, 0) is 5.56 Å². The van der Waals surface area contributed by atoms with Gasteiger partial charge in [0.05, 0.1) is 6.42 Å². The van der Waals surface area contributed by atoms with Gasteiger partial charge in [0.15, 0.2) is 0 Å². The summed E-state index contributed by atoms with van der Waals surface area (Å²) in [6.07, 6.45) is 0.140. The summed E-state index contributed by atoms with van der Waals surface area (Å²) >= 11 is 1.33. The maximum absolute atomic E-state index is 12.5. The van der Waals surface area contributed by atoms with E-state index in [4.69, 9.17) is 4.74 Å². The number of benzene rings is 1. The first kappa shape index (κ1) is 22.5. The fourth-order valence-electron chi connectivity index (χ4n) is 2.99. The third-order valence-electron chi connectivity index (χ3n) is 4.22. The van der Waals surface area contributed by atoms with Gasteiger partial charge in [-0.2, -0.15) is 0 Å².